The first-order valence-corrected chi connectivity index (χ1v) is 11.0. The third-order valence-corrected chi connectivity index (χ3v) is 6.46. The normalized spacial score (nSPS) is 11.9. The van der Waals surface area contributed by atoms with Crippen molar-refractivity contribution in [3.63, 3.8) is 0 Å². The highest BCUT2D eigenvalue weighted by atomic mass is 32.2. The van der Waals surface area contributed by atoms with Crippen molar-refractivity contribution in [3.05, 3.63) is 60.2 Å². The first-order valence-electron chi connectivity index (χ1n) is 9.56. The van der Waals surface area contributed by atoms with Crippen LogP contribution in [0.25, 0.3) is 0 Å². The molecular weight excluding hydrogens is 372 g/mol. The molecule has 0 aliphatic carbocycles. The Kier molecular flexibility index (Phi) is 7.24. The summed E-state index contributed by atoms with van der Waals surface area (Å²) in [5.41, 5.74) is 1.40. The number of carbonyl (C=O) groups is 1. The molecule has 2 aromatic carbocycles. The molecule has 2 aromatic rings. The number of sulfonamides is 1. The molecule has 0 radical (unpaired) electrons. The van der Waals surface area contributed by atoms with Gasteiger partial charge in [-0.25, -0.2) is 8.42 Å². The molecule has 0 aliphatic rings. The Bertz CT molecular complexity index is 885. The monoisotopic (exact) mass is 402 g/mol. The van der Waals surface area contributed by atoms with Gasteiger partial charge in [-0.15, -0.1) is 0 Å². The van der Waals surface area contributed by atoms with E-state index in [0.717, 1.165) is 5.56 Å². The molecule has 0 aliphatic heterocycles. The van der Waals surface area contributed by atoms with Gasteiger partial charge >= 0.3 is 0 Å². The van der Waals surface area contributed by atoms with Crippen LogP contribution in [-0.2, 0) is 14.8 Å². The van der Waals surface area contributed by atoms with Crippen LogP contribution in [0.4, 0.5) is 5.69 Å². The molecule has 0 saturated carbocycles. The third kappa shape index (κ3) is 5.35. The van der Waals surface area contributed by atoms with Gasteiger partial charge in [0.25, 0.3) is 10.0 Å². The van der Waals surface area contributed by atoms with Gasteiger partial charge in [0.15, 0.2) is 0 Å². The fraction of sp³-hybridized carbons (Fsp3) is 0.409. The summed E-state index contributed by atoms with van der Waals surface area (Å²) in [6.07, 6.45) is 0. The van der Waals surface area contributed by atoms with E-state index >= 15 is 0 Å². The summed E-state index contributed by atoms with van der Waals surface area (Å²) in [7, 11) is -3.87. The second kappa shape index (κ2) is 9.24. The molecule has 0 heterocycles. The van der Waals surface area contributed by atoms with Gasteiger partial charge in [0.2, 0.25) is 5.91 Å². The number of amides is 1. The van der Waals surface area contributed by atoms with Gasteiger partial charge in [0, 0.05) is 6.04 Å². The lowest BCUT2D eigenvalue weighted by Crippen LogP contribution is -2.47. The van der Waals surface area contributed by atoms with Gasteiger partial charge in [-0.05, 0) is 48.6 Å². The number of aryl methyl sites for hydroxylation is 1. The molecule has 0 saturated heterocycles. The van der Waals surface area contributed by atoms with E-state index in [0.29, 0.717) is 5.69 Å². The van der Waals surface area contributed by atoms with Crippen molar-refractivity contribution in [2.24, 2.45) is 11.8 Å². The standard InChI is InChI=1S/C22H30N2O3S/c1-16(2)22(17(3)4)23-21(25)15-24(19-11-9-10-18(5)14-19)28(26,27)20-12-7-6-8-13-20/h6-14,16-17,22H,15H2,1-5H3,(H,23,25). The quantitative estimate of drug-likeness (QED) is 0.726. The van der Waals surface area contributed by atoms with Crippen molar-refractivity contribution in [2.45, 2.75) is 45.6 Å². The smallest absolute Gasteiger partial charge is 0.264 e. The first-order chi connectivity index (χ1) is 13.1. The number of nitrogens with one attached hydrogen (secondary N) is 1. The molecule has 28 heavy (non-hydrogen) atoms. The van der Waals surface area contributed by atoms with E-state index in [1.54, 1.807) is 48.5 Å². The fourth-order valence-corrected chi connectivity index (χ4v) is 4.72. The largest absolute Gasteiger partial charge is 0.351 e. The molecule has 152 valence electrons. The predicted octanol–water partition coefficient (Wildman–Crippen LogP) is 3.99. The summed E-state index contributed by atoms with van der Waals surface area (Å²) >= 11 is 0. The maximum atomic E-state index is 13.3. The van der Waals surface area contributed by atoms with Crippen molar-refractivity contribution in [1.29, 1.82) is 0 Å². The number of hydrogen-bond acceptors (Lipinski definition) is 3. The Labute approximate surface area is 168 Å². The van der Waals surface area contributed by atoms with Crippen molar-refractivity contribution >= 4 is 21.6 Å². The molecule has 6 heteroatoms. The third-order valence-electron chi connectivity index (χ3n) is 4.67. The summed E-state index contributed by atoms with van der Waals surface area (Å²) in [5, 5.41) is 3.01. The minimum Gasteiger partial charge on any atom is -0.351 e. The van der Waals surface area contributed by atoms with Crippen LogP contribution in [0.2, 0.25) is 0 Å². The minimum atomic E-state index is -3.87. The number of benzene rings is 2. The van der Waals surface area contributed by atoms with Crippen molar-refractivity contribution in [2.75, 3.05) is 10.8 Å². The fourth-order valence-electron chi connectivity index (χ4n) is 3.28. The minimum absolute atomic E-state index is 0.0220. The van der Waals surface area contributed by atoms with Crippen LogP contribution in [0.15, 0.2) is 59.5 Å². The summed E-state index contributed by atoms with van der Waals surface area (Å²) in [4.78, 5) is 13.0. The lowest BCUT2D eigenvalue weighted by Gasteiger charge is -2.29. The number of nitrogens with zero attached hydrogens (tertiary/aromatic N) is 1. The Morgan fingerprint density at radius 1 is 0.964 bits per heavy atom. The van der Waals surface area contributed by atoms with Crippen molar-refractivity contribution in [1.82, 2.24) is 5.32 Å². The van der Waals surface area contributed by atoms with Gasteiger partial charge in [0.1, 0.15) is 6.54 Å². The van der Waals surface area contributed by atoms with E-state index < -0.39 is 10.0 Å². The van der Waals surface area contributed by atoms with Gasteiger partial charge in [0.05, 0.1) is 10.6 Å². The van der Waals surface area contributed by atoms with E-state index in [9.17, 15) is 13.2 Å². The highest BCUT2D eigenvalue weighted by Gasteiger charge is 2.28. The second-order valence-corrected chi connectivity index (χ2v) is 9.61. The summed E-state index contributed by atoms with van der Waals surface area (Å²) in [6.45, 7) is 9.81. The van der Waals surface area contributed by atoms with Crippen LogP contribution < -0.4 is 9.62 Å². The molecular formula is C22H30N2O3S. The van der Waals surface area contributed by atoms with E-state index in [1.165, 1.54) is 4.31 Å². The second-order valence-electron chi connectivity index (χ2n) is 7.75. The number of carbonyl (C=O) groups excluding carboxylic acids is 1. The zero-order chi connectivity index (χ0) is 20.9. The van der Waals surface area contributed by atoms with E-state index in [4.69, 9.17) is 0 Å². The van der Waals surface area contributed by atoms with E-state index in [-0.39, 0.29) is 35.2 Å². The Morgan fingerprint density at radius 3 is 2.11 bits per heavy atom. The highest BCUT2D eigenvalue weighted by Crippen LogP contribution is 2.24. The zero-order valence-corrected chi connectivity index (χ0v) is 18.0. The SMILES string of the molecule is Cc1cccc(N(CC(=O)NC(C(C)C)C(C)C)S(=O)(=O)c2ccccc2)c1. The van der Waals surface area contributed by atoms with Crippen LogP contribution in [0.1, 0.15) is 33.3 Å². The van der Waals surface area contributed by atoms with Crippen LogP contribution in [0, 0.1) is 18.8 Å². The van der Waals surface area contributed by atoms with Gasteiger partial charge in [-0.2, -0.15) is 0 Å². The average molecular weight is 403 g/mol. The molecule has 0 atom stereocenters. The molecule has 5 nitrogen and oxygen atoms in total. The molecule has 1 amide bonds. The van der Waals surface area contributed by atoms with Crippen molar-refractivity contribution < 1.29 is 13.2 Å². The topological polar surface area (TPSA) is 66.5 Å². The van der Waals surface area contributed by atoms with Gasteiger partial charge in [-0.1, -0.05) is 58.0 Å². The van der Waals surface area contributed by atoms with E-state index in [1.807, 2.05) is 40.7 Å². The maximum Gasteiger partial charge on any atom is 0.264 e. The van der Waals surface area contributed by atoms with Crippen LogP contribution in [0.3, 0.4) is 0 Å². The molecule has 0 bridgehead atoms. The number of hydrogen-bond donors (Lipinski definition) is 1. The van der Waals surface area contributed by atoms with Crippen LogP contribution in [-0.4, -0.2) is 26.9 Å². The molecule has 0 aromatic heterocycles. The summed E-state index contributed by atoms with van der Waals surface area (Å²) in [6, 6.07) is 15.3. The van der Waals surface area contributed by atoms with Crippen LogP contribution in [0.5, 0.6) is 0 Å². The Morgan fingerprint density at radius 2 is 1.57 bits per heavy atom. The first kappa shape index (κ1) is 22.0. The lowest BCUT2D eigenvalue weighted by molar-refractivity contribution is -0.121. The molecule has 0 unspecified atom stereocenters. The van der Waals surface area contributed by atoms with Crippen LogP contribution >= 0.6 is 0 Å². The molecule has 0 spiro atoms. The molecule has 2 rings (SSSR count). The number of anilines is 1. The van der Waals surface area contributed by atoms with E-state index in [2.05, 4.69) is 5.32 Å². The summed E-state index contributed by atoms with van der Waals surface area (Å²) in [5.74, 6) is 0.192. The highest BCUT2D eigenvalue weighted by molar-refractivity contribution is 7.92. The predicted molar refractivity (Wildman–Crippen MR) is 114 cm³/mol. The lowest BCUT2D eigenvalue weighted by atomic mass is 9.93. The van der Waals surface area contributed by atoms with Gasteiger partial charge < -0.3 is 5.32 Å². The average Bonchev–Trinajstić information content (AvgIpc) is 2.64. The zero-order valence-electron chi connectivity index (χ0n) is 17.2. The Hall–Kier alpha value is -2.34. The molecule has 1 N–H and O–H groups in total. The molecule has 0 fully saturated rings. The van der Waals surface area contributed by atoms with Gasteiger partial charge in [-0.3, -0.25) is 9.10 Å². The maximum absolute atomic E-state index is 13.3. The Balaban J connectivity index is 2.39. The summed E-state index contributed by atoms with van der Waals surface area (Å²) < 4.78 is 27.7. The van der Waals surface area contributed by atoms with Crippen molar-refractivity contribution in [3.8, 4) is 0 Å². The number of rotatable bonds is 8.